The van der Waals surface area contributed by atoms with E-state index >= 15 is 0 Å². The van der Waals surface area contributed by atoms with Crippen LogP contribution >= 0.6 is 0 Å². The van der Waals surface area contributed by atoms with Crippen molar-refractivity contribution in [1.82, 2.24) is 9.78 Å². The van der Waals surface area contributed by atoms with Gasteiger partial charge in [-0.25, -0.2) is 0 Å². The lowest BCUT2D eigenvalue weighted by Crippen LogP contribution is -2.13. The molecule has 3 aromatic carbocycles. The van der Waals surface area contributed by atoms with Crippen LogP contribution in [0.1, 0.15) is 26.5 Å². The third-order valence-electron chi connectivity index (χ3n) is 4.95. The standard InChI is InChI=1S/C23H21N3O5S/c1-23(2,3)21-15-22(25(24-21)18-9-11-19(12-10-18)26(27)28)31-32(29,30)20-13-8-16-6-4-5-7-17(16)14-20/h4-15H,1-3H3. The van der Waals surface area contributed by atoms with Crippen molar-refractivity contribution in [1.29, 1.82) is 0 Å². The molecule has 0 atom stereocenters. The molecular formula is C23H21N3O5S. The summed E-state index contributed by atoms with van der Waals surface area (Å²) in [7, 11) is -4.16. The highest BCUT2D eigenvalue weighted by molar-refractivity contribution is 7.87. The van der Waals surface area contributed by atoms with Crippen molar-refractivity contribution in [3.05, 3.63) is 88.6 Å². The van der Waals surface area contributed by atoms with E-state index < -0.39 is 15.0 Å². The summed E-state index contributed by atoms with van der Waals surface area (Å²) in [5.41, 5.74) is 0.592. The zero-order valence-corrected chi connectivity index (χ0v) is 18.5. The fraction of sp³-hybridized carbons (Fsp3) is 0.174. The van der Waals surface area contributed by atoms with E-state index in [9.17, 15) is 18.5 Å². The summed E-state index contributed by atoms with van der Waals surface area (Å²) < 4.78 is 33.0. The van der Waals surface area contributed by atoms with Crippen LogP contribution in [0.25, 0.3) is 16.5 Å². The van der Waals surface area contributed by atoms with E-state index in [0.717, 1.165) is 10.8 Å². The van der Waals surface area contributed by atoms with Gasteiger partial charge in [0.25, 0.3) is 5.69 Å². The molecule has 164 valence electrons. The Morgan fingerprint density at radius 2 is 1.59 bits per heavy atom. The van der Waals surface area contributed by atoms with Gasteiger partial charge in [0.15, 0.2) is 0 Å². The lowest BCUT2D eigenvalue weighted by atomic mass is 9.93. The Bertz CT molecular complexity index is 1420. The highest BCUT2D eigenvalue weighted by atomic mass is 32.2. The summed E-state index contributed by atoms with van der Waals surface area (Å²) in [6.45, 7) is 5.82. The van der Waals surface area contributed by atoms with Gasteiger partial charge in [0, 0.05) is 23.6 Å². The first-order valence-corrected chi connectivity index (χ1v) is 11.2. The smallest absolute Gasteiger partial charge is 0.340 e. The molecule has 0 N–H and O–H groups in total. The largest absolute Gasteiger partial charge is 0.358 e. The molecule has 0 spiro atoms. The van der Waals surface area contributed by atoms with Crippen molar-refractivity contribution in [2.45, 2.75) is 31.1 Å². The number of hydrogen-bond acceptors (Lipinski definition) is 6. The van der Waals surface area contributed by atoms with Gasteiger partial charge in [-0.2, -0.15) is 18.2 Å². The Hall–Kier alpha value is -3.72. The fourth-order valence-electron chi connectivity index (χ4n) is 3.17. The van der Waals surface area contributed by atoms with E-state index in [1.807, 2.05) is 45.0 Å². The molecule has 32 heavy (non-hydrogen) atoms. The van der Waals surface area contributed by atoms with Crippen LogP contribution in [0.5, 0.6) is 5.88 Å². The molecule has 0 saturated heterocycles. The number of fused-ring (bicyclic) bond motifs is 1. The zero-order valence-electron chi connectivity index (χ0n) is 17.7. The van der Waals surface area contributed by atoms with Crippen LogP contribution in [-0.2, 0) is 15.5 Å². The molecule has 0 fully saturated rings. The fourth-order valence-corrected chi connectivity index (χ4v) is 4.12. The molecule has 0 aliphatic carbocycles. The first-order chi connectivity index (χ1) is 15.0. The van der Waals surface area contributed by atoms with Gasteiger partial charge in [-0.3, -0.25) is 10.1 Å². The predicted molar refractivity (Wildman–Crippen MR) is 121 cm³/mol. The maximum Gasteiger partial charge on any atom is 0.340 e. The molecule has 8 nitrogen and oxygen atoms in total. The number of nitrogens with zero attached hydrogens (tertiary/aromatic N) is 3. The van der Waals surface area contributed by atoms with Crippen molar-refractivity contribution in [3.8, 4) is 11.6 Å². The second-order valence-electron chi connectivity index (χ2n) is 8.35. The van der Waals surface area contributed by atoms with Crippen LogP contribution in [-0.4, -0.2) is 23.1 Å². The molecule has 1 heterocycles. The van der Waals surface area contributed by atoms with E-state index in [0.29, 0.717) is 11.4 Å². The Balaban J connectivity index is 1.77. The molecule has 0 radical (unpaired) electrons. The first-order valence-electron chi connectivity index (χ1n) is 9.83. The van der Waals surface area contributed by atoms with E-state index in [1.165, 1.54) is 35.0 Å². The second kappa shape index (κ2) is 7.76. The maximum absolute atomic E-state index is 13.1. The number of nitro groups is 1. The minimum atomic E-state index is -4.16. The minimum absolute atomic E-state index is 0.00284. The molecule has 0 unspecified atom stereocenters. The van der Waals surface area contributed by atoms with Crippen molar-refractivity contribution < 1.29 is 17.5 Å². The van der Waals surface area contributed by atoms with Crippen molar-refractivity contribution in [2.75, 3.05) is 0 Å². The molecule has 0 saturated carbocycles. The molecule has 9 heteroatoms. The normalized spacial score (nSPS) is 12.1. The molecule has 0 amide bonds. The molecule has 4 aromatic rings. The number of aromatic nitrogens is 2. The van der Waals surface area contributed by atoms with Crippen molar-refractivity contribution in [3.63, 3.8) is 0 Å². The average molecular weight is 452 g/mol. The monoisotopic (exact) mass is 451 g/mol. The van der Waals surface area contributed by atoms with Crippen LogP contribution in [0.4, 0.5) is 5.69 Å². The average Bonchev–Trinajstić information content (AvgIpc) is 3.17. The van der Waals surface area contributed by atoms with Gasteiger partial charge >= 0.3 is 10.1 Å². The topological polar surface area (TPSA) is 104 Å². The Kier molecular flexibility index (Phi) is 5.21. The van der Waals surface area contributed by atoms with Crippen molar-refractivity contribution in [2.24, 2.45) is 0 Å². The number of benzene rings is 3. The predicted octanol–water partition coefficient (Wildman–Crippen LogP) is 5.00. The van der Waals surface area contributed by atoms with Gasteiger partial charge in [-0.1, -0.05) is 51.1 Å². The summed E-state index contributed by atoms with van der Waals surface area (Å²) in [6.07, 6.45) is 0. The number of non-ortho nitro benzene ring substituents is 1. The third-order valence-corrected chi connectivity index (χ3v) is 6.18. The van der Waals surface area contributed by atoms with E-state index in [1.54, 1.807) is 18.2 Å². The molecule has 1 aromatic heterocycles. The van der Waals surface area contributed by atoms with Gasteiger partial charge in [-0.05, 0) is 35.0 Å². The number of hydrogen-bond donors (Lipinski definition) is 0. The number of nitro benzene ring substituents is 1. The quantitative estimate of drug-likeness (QED) is 0.240. The van der Waals surface area contributed by atoms with Gasteiger partial charge < -0.3 is 4.18 Å². The summed E-state index contributed by atoms with van der Waals surface area (Å²) in [6, 6.07) is 19.4. The number of rotatable bonds is 5. The Labute approximate surface area is 185 Å². The van der Waals surface area contributed by atoms with Crippen molar-refractivity contribution >= 4 is 26.6 Å². The molecule has 4 rings (SSSR count). The van der Waals surface area contributed by atoms with Crippen LogP contribution in [0.2, 0.25) is 0 Å². The maximum atomic E-state index is 13.1. The summed E-state index contributed by atoms with van der Waals surface area (Å²) in [4.78, 5) is 10.5. The lowest BCUT2D eigenvalue weighted by molar-refractivity contribution is -0.384. The highest BCUT2D eigenvalue weighted by Crippen LogP contribution is 2.30. The van der Waals surface area contributed by atoms with Gasteiger partial charge in [0.2, 0.25) is 5.88 Å². The lowest BCUT2D eigenvalue weighted by Gasteiger charge is -2.13. The molecule has 0 bridgehead atoms. The van der Waals surface area contributed by atoms with E-state index in [4.69, 9.17) is 4.18 Å². The zero-order chi connectivity index (χ0) is 23.1. The van der Waals surface area contributed by atoms with Gasteiger partial charge in [-0.15, -0.1) is 0 Å². The van der Waals surface area contributed by atoms with Crippen LogP contribution < -0.4 is 4.18 Å². The SMILES string of the molecule is CC(C)(C)c1cc(OS(=O)(=O)c2ccc3ccccc3c2)n(-c2ccc([N+](=O)[O-])cc2)n1. The summed E-state index contributed by atoms with van der Waals surface area (Å²) in [5.74, 6) is -0.00284. The highest BCUT2D eigenvalue weighted by Gasteiger charge is 2.26. The summed E-state index contributed by atoms with van der Waals surface area (Å²) in [5, 5.41) is 17.2. The van der Waals surface area contributed by atoms with Crippen LogP contribution in [0, 0.1) is 10.1 Å². The summed E-state index contributed by atoms with van der Waals surface area (Å²) >= 11 is 0. The Morgan fingerprint density at radius 3 is 2.22 bits per heavy atom. The minimum Gasteiger partial charge on any atom is -0.358 e. The second-order valence-corrected chi connectivity index (χ2v) is 9.90. The van der Waals surface area contributed by atoms with Gasteiger partial charge in [0.1, 0.15) is 4.90 Å². The third kappa shape index (κ3) is 4.19. The molecular weight excluding hydrogens is 430 g/mol. The molecule has 0 aliphatic rings. The van der Waals surface area contributed by atoms with Crippen LogP contribution in [0.3, 0.4) is 0 Å². The van der Waals surface area contributed by atoms with Crippen LogP contribution in [0.15, 0.2) is 77.7 Å². The first kappa shape index (κ1) is 21.5. The molecule has 0 aliphatic heterocycles. The Morgan fingerprint density at radius 1 is 0.938 bits per heavy atom. The van der Waals surface area contributed by atoms with Gasteiger partial charge in [0.05, 0.1) is 16.3 Å². The van der Waals surface area contributed by atoms with E-state index in [2.05, 4.69) is 5.10 Å². The van der Waals surface area contributed by atoms with E-state index in [-0.39, 0.29) is 21.9 Å².